The maximum atomic E-state index is 10.8. The number of amides is 1. The second-order valence-corrected chi connectivity index (χ2v) is 4.26. The number of rotatable bonds is 6. The molecule has 2 aromatic carbocycles. The molecule has 0 fully saturated rings. The first-order chi connectivity index (χ1) is 10.3. The molecule has 2 rings (SSSR count). The van der Waals surface area contributed by atoms with Crippen LogP contribution in [0.25, 0.3) is 11.1 Å². The minimum Gasteiger partial charge on any atom is -0.521 e. The Morgan fingerprint density at radius 2 is 1.73 bits per heavy atom. The van der Waals surface area contributed by atoms with Crippen molar-refractivity contribution in [3.63, 3.8) is 0 Å². The molecule has 0 bridgehead atoms. The SMILES string of the molecule is CO.O=[C-]N[C@H](C=O)Cc1cccc(-c2ccccc2)c1.[Fm]. The van der Waals surface area contributed by atoms with E-state index in [1.54, 1.807) is 6.41 Å². The molecule has 4 nitrogen and oxygen atoms in total. The van der Waals surface area contributed by atoms with Crippen molar-refractivity contribution in [3.05, 3.63) is 60.2 Å². The third-order valence-corrected chi connectivity index (χ3v) is 2.90. The summed E-state index contributed by atoms with van der Waals surface area (Å²) in [6, 6.07) is 17.4. The van der Waals surface area contributed by atoms with Crippen LogP contribution in [0.3, 0.4) is 0 Å². The van der Waals surface area contributed by atoms with Crippen molar-refractivity contribution in [3.8, 4) is 11.1 Å². The topological polar surface area (TPSA) is 66.4 Å². The van der Waals surface area contributed by atoms with Crippen LogP contribution in [-0.4, -0.2) is 31.0 Å². The summed E-state index contributed by atoms with van der Waals surface area (Å²) < 4.78 is 0. The van der Waals surface area contributed by atoms with Crippen LogP contribution in [0.1, 0.15) is 5.56 Å². The molecule has 22 heavy (non-hydrogen) atoms. The molecule has 0 aliphatic carbocycles. The zero-order valence-electron chi connectivity index (χ0n) is 12.1. The Morgan fingerprint density at radius 1 is 1.09 bits per heavy atom. The van der Waals surface area contributed by atoms with Gasteiger partial charge in [0.05, 0.1) is 6.04 Å². The van der Waals surface area contributed by atoms with Gasteiger partial charge in [-0.05, 0) is 23.1 Å². The van der Waals surface area contributed by atoms with Gasteiger partial charge in [0.15, 0.2) is 0 Å². The fraction of sp³-hybridized carbons (Fsp3) is 0.176. The Kier molecular flexibility index (Phi) is 8.72. The van der Waals surface area contributed by atoms with Crippen molar-refractivity contribution >= 4 is 12.7 Å². The van der Waals surface area contributed by atoms with E-state index in [1.807, 2.05) is 54.6 Å². The number of aliphatic hydroxyl groups is 1. The first-order valence-electron chi connectivity index (χ1n) is 6.50. The van der Waals surface area contributed by atoms with Gasteiger partial charge in [-0.15, -0.1) is 0 Å². The van der Waals surface area contributed by atoms with Crippen molar-refractivity contribution in [1.29, 1.82) is 0 Å². The molecular formula is C17H18FmNO3-. The number of hydrogen-bond acceptors (Lipinski definition) is 3. The monoisotopic (exact) mass is 541 g/mol. The number of hydrogen-bond donors (Lipinski definition) is 2. The first-order valence-corrected chi connectivity index (χ1v) is 6.50. The van der Waals surface area contributed by atoms with E-state index in [1.165, 1.54) is 0 Å². The Morgan fingerprint density at radius 3 is 2.32 bits per heavy atom. The number of benzene rings is 2. The molecule has 1 atom stereocenters. The van der Waals surface area contributed by atoms with Crippen LogP contribution in [0.4, 0.5) is 0 Å². The largest absolute Gasteiger partial charge is 0.521 e. The summed E-state index contributed by atoms with van der Waals surface area (Å²) in [5.41, 5.74) is 3.22. The third-order valence-electron chi connectivity index (χ3n) is 2.90. The van der Waals surface area contributed by atoms with Crippen LogP contribution >= 0.6 is 0 Å². The van der Waals surface area contributed by atoms with Crippen LogP contribution in [-0.2, 0) is 16.0 Å². The van der Waals surface area contributed by atoms with E-state index in [0.717, 1.165) is 30.1 Å². The predicted molar refractivity (Wildman–Crippen MR) is 82.4 cm³/mol. The van der Waals surface area contributed by atoms with Crippen molar-refractivity contribution in [2.45, 2.75) is 12.5 Å². The van der Waals surface area contributed by atoms with Crippen molar-refractivity contribution < 1.29 is 14.7 Å². The van der Waals surface area contributed by atoms with Crippen LogP contribution in [0.5, 0.6) is 0 Å². The third kappa shape index (κ3) is 5.27. The Labute approximate surface area is 124 Å². The van der Waals surface area contributed by atoms with Crippen LogP contribution in [0.2, 0.25) is 0 Å². The van der Waals surface area contributed by atoms with Gasteiger partial charge in [-0.2, -0.15) is 6.41 Å². The molecule has 0 heterocycles. The molecule has 0 saturated carbocycles. The molecule has 5 heteroatoms. The number of carbonyl (C=O) groups excluding carboxylic acids is 2. The summed E-state index contributed by atoms with van der Waals surface area (Å²) in [6.45, 7) is 0. The van der Waals surface area contributed by atoms with Crippen molar-refractivity contribution in [1.82, 2.24) is 5.32 Å². The molecule has 0 saturated heterocycles. The zero-order chi connectivity index (χ0) is 15.5. The Bertz CT molecular complexity index is 561. The van der Waals surface area contributed by atoms with Gasteiger partial charge < -0.3 is 20.0 Å². The average Bonchev–Trinajstić information content (AvgIpc) is 2.57. The van der Waals surface area contributed by atoms with Crippen LogP contribution < -0.4 is 5.32 Å². The Balaban J connectivity index is 0.00000141. The van der Waals surface area contributed by atoms with E-state index in [2.05, 4.69) is 5.32 Å². The maximum absolute atomic E-state index is 10.8. The molecule has 0 aliphatic heterocycles. The van der Waals surface area contributed by atoms with Gasteiger partial charge in [0.2, 0.25) is 0 Å². The minimum atomic E-state index is -0.525. The molecule has 0 radical (unpaired) electrons. The van der Waals surface area contributed by atoms with E-state index < -0.39 is 6.04 Å². The molecule has 122 valence electrons. The van der Waals surface area contributed by atoms with Crippen molar-refractivity contribution in [2.75, 3.05) is 7.11 Å². The van der Waals surface area contributed by atoms with Gasteiger partial charge in [0, 0.05) is 7.11 Å². The average molecular weight is 541 g/mol. The molecule has 0 spiro atoms. The zero-order valence-corrected chi connectivity index (χ0v) is 14.5. The smallest absolute Gasteiger partial charge is 0.139 e. The van der Waals surface area contributed by atoms with Gasteiger partial charge in [0.1, 0.15) is 6.29 Å². The molecule has 0 aliphatic rings. The number of carbonyl (C=O) groups is 1. The quantitative estimate of drug-likeness (QED) is 0.333. The standard InChI is InChI=1S/C16H14NO2.CH4O.Fm/c18-11-16(17-12-19)10-13-5-4-8-15(9-13)14-6-2-1-3-7-14;1-2;/h1-9,11,16H,10H2,(H,17,19);2H,1H3;/q-1;;/t16-;;/m0../s1. The summed E-state index contributed by atoms with van der Waals surface area (Å²) in [5, 5.41) is 9.37. The summed E-state index contributed by atoms with van der Waals surface area (Å²) in [7, 11) is 1.00. The second-order valence-electron chi connectivity index (χ2n) is 4.26. The fourth-order valence-electron chi connectivity index (χ4n) is 1.97. The summed E-state index contributed by atoms with van der Waals surface area (Å²) in [4.78, 5) is 21.1. The van der Waals surface area contributed by atoms with E-state index in [0.29, 0.717) is 6.42 Å². The molecule has 0 unspecified atom stereocenters. The summed E-state index contributed by atoms with van der Waals surface area (Å²) in [6.07, 6.45) is 2.75. The molecule has 1 amide bonds. The van der Waals surface area contributed by atoms with Crippen LogP contribution in [0.15, 0.2) is 54.6 Å². The molecule has 0 aromatic heterocycles. The molecule has 2 aromatic rings. The molecular weight excluding hydrogens is 523 g/mol. The number of nitrogens with one attached hydrogen (secondary N) is 1. The summed E-state index contributed by atoms with van der Waals surface area (Å²) in [5.74, 6) is 0. The van der Waals surface area contributed by atoms with E-state index >= 15 is 0 Å². The predicted octanol–water partition coefficient (Wildman–Crippen LogP) is 1.73. The second kappa shape index (κ2) is 10.3. The number of aliphatic hydroxyl groups excluding tert-OH is 1. The van der Waals surface area contributed by atoms with E-state index in [-0.39, 0.29) is 0 Å². The van der Waals surface area contributed by atoms with E-state index in [9.17, 15) is 9.59 Å². The summed E-state index contributed by atoms with van der Waals surface area (Å²) >= 11 is 0. The molecule has 2 N–H and O–H groups in total. The maximum Gasteiger partial charge on any atom is 0.139 e. The Hall–Kier alpha value is -3.46. The first kappa shape index (κ1) is 18.5. The van der Waals surface area contributed by atoms with Gasteiger partial charge >= 0.3 is 0 Å². The van der Waals surface area contributed by atoms with Crippen molar-refractivity contribution in [2.24, 2.45) is 0 Å². The van der Waals surface area contributed by atoms with Gasteiger partial charge in [-0.25, -0.2) is 0 Å². The van der Waals surface area contributed by atoms with Gasteiger partial charge in [-0.1, -0.05) is 54.6 Å². The minimum absolute atomic E-state index is 0. The van der Waals surface area contributed by atoms with E-state index in [4.69, 9.17) is 5.11 Å². The fourth-order valence-corrected chi connectivity index (χ4v) is 1.97. The normalized spacial score (nSPS) is 10.3. The van der Waals surface area contributed by atoms with Gasteiger partial charge in [-0.3, -0.25) is 0 Å². The number of aldehydes is 1. The van der Waals surface area contributed by atoms with Gasteiger partial charge in [0.25, 0.3) is 0 Å². The van der Waals surface area contributed by atoms with Crippen LogP contribution in [0, 0.1) is 0 Å².